The van der Waals surface area contributed by atoms with Crippen LogP contribution in [0, 0.1) is 0 Å². The minimum absolute atomic E-state index is 0.172. The third kappa shape index (κ3) is 4.95. The van der Waals surface area contributed by atoms with E-state index in [1.54, 1.807) is 0 Å². The molecule has 1 aromatic rings. The van der Waals surface area contributed by atoms with Crippen molar-refractivity contribution in [1.82, 2.24) is 0 Å². The molecule has 0 bridgehead atoms. The van der Waals surface area contributed by atoms with Crippen molar-refractivity contribution in [3.63, 3.8) is 0 Å². The highest BCUT2D eigenvalue weighted by Gasteiger charge is 2.12. The largest absolute Gasteiger partial charge is 0.481 e. The van der Waals surface area contributed by atoms with Crippen molar-refractivity contribution in [2.75, 3.05) is 11.9 Å². The molecule has 0 aliphatic carbocycles. The van der Waals surface area contributed by atoms with E-state index in [0.717, 1.165) is 19.1 Å². The Morgan fingerprint density at radius 2 is 1.82 bits per heavy atom. The summed E-state index contributed by atoms with van der Waals surface area (Å²) in [5, 5.41) is 20.9. The lowest BCUT2D eigenvalue weighted by Crippen LogP contribution is -2.22. The molecule has 0 saturated heterocycles. The predicted octanol–water partition coefficient (Wildman–Crippen LogP) is 3.22. The zero-order valence-electron chi connectivity index (χ0n) is 8.58. The molecular formula is C10H10Br3NO3. The number of carboxylic acids is 1. The highest BCUT2D eigenvalue weighted by Crippen LogP contribution is 2.34. The third-order valence-electron chi connectivity index (χ3n) is 1.93. The van der Waals surface area contributed by atoms with Crippen LogP contribution in [-0.4, -0.2) is 28.8 Å². The van der Waals surface area contributed by atoms with E-state index in [2.05, 4.69) is 53.1 Å². The molecule has 1 atom stereocenters. The second-order valence-corrected chi connectivity index (χ2v) is 6.00. The van der Waals surface area contributed by atoms with Gasteiger partial charge in [0.15, 0.2) is 0 Å². The first-order valence-corrected chi connectivity index (χ1v) is 7.06. The molecule has 0 heterocycles. The highest BCUT2D eigenvalue weighted by molar-refractivity contribution is 9.11. The van der Waals surface area contributed by atoms with Gasteiger partial charge in [0.2, 0.25) is 0 Å². The summed E-state index contributed by atoms with van der Waals surface area (Å²) in [7, 11) is 0. The van der Waals surface area contributed by atoms with Crippen LogP contribution in [0.2, 0.25) is 0 Å². The summed E-state index contributed by atoms with van der Waals surface area (Å²) in [5.74, 6) is -1.02. The molecule has 1 rings (SSSR count). The summed E-state index contributed by atoms with van der Waals surface area (Å²) in [6, 6.07) is 3.72. The number of aliphatic hydroxyl groups excluding tert-OH is 1. The number of carboxylic acid groups (broad SMARTS) is 1. The maximum absolute atomic E-state index is 10.4. The zero-order valence-corrected chi connectivity index (χ0v) is 13.3. The number of benzene rings is 1. The highest BCUT2D eigenvalue weighted by atomic mass is 79.9. The van der Waals surface area contributed by atoms with Crippen LogP contribution in [0.3, 0.4) is 0 Å². The van der Waals surface area contributed by atoms with Crippen LogP contribution in [0.4, 0.5) is 5.69 Å². The SMILES string of the molecule is O=C(O)CC(O)CNc1c(Br)cc(Br)cc1Br. The van der Waals surface area contributed by atoms with Gasteiger partial charge in [-0.05, 0) is 44.0 Å². The van der Waals surface area contributed by atoms with E-state index in [9.17, 15) is 9.90 Å². The second-order valence-electron chi connectivity index (χ2n) is 3.38. The first-order chi connectivity index (χ1) is 7.90. The zero-order chi connectivity index (χ0) is 13.0. The third-order valence-corrected chi connectivity index (χ3v) is 3.64. The Hall–Kier alpha value is -0.110. The van der Waals surface area contributed by atoms with Gasteiger partial charge < -0.3 is 15.5 Å². The minimum Gasteiger partial charge on any atom is -0.481 e. The average molecular weight is 432 g/mol. The van der Waals surface area contributed by atoms with Crippen molar-refractivity contribution < 1.29 is 15.0 Å². The summed E-state index contributed by atoms with van der Waals surface area (Å²) in [6.45, 7) is 0.172. The number of carbonyl (C=O) groups is 1. The number of halogens is 3. The van der Waals surface area contributed by atoms with Gasteiger partial charge in [-0.25, -0.2) is 0 Å². The molecule has 0 spiro atoms. The molecule has 7 heteroatoms. The van der Waals surface area contributed by atoms with Crippen molar-refractivity contribution in [1.29, 1.82) is 0 Å². The van der Waals surface area contributed by atoms with Crippen LogP contribution in [-0.2, 0) is 4.79 Å². The Morgan fingerprint density at radius 3 is 2.29 bits per heavy atom. The minimum atomic E-state index is -1.02. The number of aliphatic carboxylic acids is 1. The summed E-state index contributed by atoms with van der Waals surface area (Å²) >= 11 is 10.1. The van der Waals surface area contributed by atoms with Crippen LogP contribution in [0.25, 0.3) is 0 Å². The van der Waals surface area contributed by atoms with Gasteiger partial charge in [0.1, 0.15) is 0 Å². The van der Waals surface area contributed by atoms with Crippen LogP contribution >= 0.6 is 47.8 Å². The molecule has 0 aliphatic heterocycles. The lowest BCUT2D eigenvalue weighted by atomic mass is 10.2. The molecule has 1 aromatic carbocycles. The summed E-state index contributed by atoms with van der Waals surface area (Å²) in [5.41, 5.74) is 0.776. The molecule has 0 aromatic heterocycles. The maximum atomic E-state index is 10.4. The average Bonchev–Trinajstić information content (AvgIpc) is 2.14. The van der Waals surface area contributed by atoms with Gasteiger partial charge in [0.25, 0.3) is 0 Å². The van der Waals surface area contributed by atoms with Gasteiger partial charge in [0.05, 0.1) is 18.2 Å². The Labute approximate surface area is 124 Å². The molecule has 1 unspecified atom stereocenters. The Balaban J connectivity index is 2.66. The van der Waals surface area contributed by atoms with Crippen LogP contribution in [0.1, 0.15) is 6.42 Å². The fourth-order valence-corrected chi connectivity index (χ4v) is 3.74. The number of anilines is 1. The molecule has 17 heavy (non-hydrogen) atoms. The van der Waals surface area contributed by atoms with Crippen molar-refractivity contribution in [2.24, 2.45) is 0 Å². The molecule has 4 nitrogen and oxygen atoms in total. The van der Waals surface area contributed by atoms with E-state index in [0.29, 0.717) is 0 Å². The van der Waals surface area contributed by atoms with E-state index < -0.39 is 12.1 Å². The quantitative estimate of drug-likeness (QED) is 0.669. The van der Waals surface area contributed by atoms with E-state index in [4.69, 9.17) is 5.11 Å². The smallest absolute Gasteiger partial charge is 0.306 e. The number of rotatable bonds is 5. The maximum Gasteiger partial charge on any atom is 0.306 e. The normalized spacial score (nSPS) is 12.2. The van der Waals surface area contributed by atoms with Crippen LogP contribution in [0.15, 0.2) is 25.6 Å². The second kappa shape index (κ2) is 6.72. The monoisotopic (exact) mass is 429 g/mol. The standard InChI is InChI=1S/C10H10Br3NO3/c11-5-1-7(12)10(8(13)2-5)14-4-6(15)3-9(16)17/h1-2,6,14-15H,3-4H2,(H,16,17). The van der Waals surface area contributed by atoms with Crippen molar-refractivity contribution >= 4 is 59.4 Å². The number of aliphatic hydroxyl groups is 1. The summed E-state index contributed by atoms with van der Waals surface area (Å²) in [4.78, 5) is 10.4. The predicted molar refractivity (Wildman–Crippen MR) is 76.3 cm³/mol. The summed E-state index contributed by atoms with van der Waals surface area (Å²) < 4.78 is 2.55. The molecule has 0 aliphatic rings. The van der Waals surface area contributed by atoms with Gasteiger partial charge in [-0.2, -0.15) is 0 Å². The number of hydrogen-bond donors (Lipinski definition) is 3. The van der Waals surface area contributed by atoms with Crippen molar-refractivity contribution in [3.05, 3.63) is 25.6 Å². The van der Waals surface area contributed by atoms with Crippen molar-refractivity contribution in [2.45, 2.75) is 12.5 Å². The molecule has 0 amide bonds. The Kier molecular flexibility index (Phi) is 5.91. The Bertz CT molecular complexity index is 402. The number of nitrogens with one attached hydrogen (secondary N) is 1. The van der Waals surface area contributed by atoms with E-state index in [1.807, 2.05) is 12.1 Å². The molecule has 0 saturated carbocycles. The van der Waals surface area contributed by atoms with Gasteiger partial charge in [-0.15, -0.1) is 0 Å². The number of hydrogen-bond acceptors (Lipinski definition) is 3. The fourth-order valence-electron chi connectivity index (χ4n) is 1.20. The topological polar surface area (TPSA) is 69.6 Å². The molecule has 3 N–H and O–H groups in total. The molecule has 94 valence electrons. The van der Waals surface area contributed by atoms with Crippen LogP contribution < -0.4 is 5.32 Å². The fraction of sp³-hybridized carbons (Fsp3) is 0.300. The first kappa shape index (κ1) is 14.9. The lowest BCUT2D eigenvalue weighted by Gasteiger charge is -2.14. The summed E-state index contributed by atoms with van der Waals surface area (Å²) in [6.07, 6.45) is -1.20. The van der Waals surface area contributed by atoms with Gasteiger partial charge in [-0.3, -0.25) is 4.79 Å². The van der Waals surface area contributed by atoms with Gasteiger partial charge in [0, 0.05) is 20.0 Å². The van der Waals surface area contributed by atoms with Gasteiger partial charge >= 0.3 is 5.97 Å². The molecule has 0 fully saturated rings. The van der Waals surface area contributed by atoms with Crippen LogP contribution in [0.5, 0.6) is 0 Å². The van der Waals surface area contributed by atoms with E-state index >= 15 is 0 Å². The first-order valence-electron chi connectivity index (χ1n) is 4.68. The lowest BCUT2D eigenvalue weighted by molar-refractivity contribution is -0.138. The Morgan fingerprint density at radius 1 is 1.29 bits per heavy atom. The van der Waals surface area contributed by atoms with E-state index in [1.165, 1.54) is 0 Å². The van der Waals surface area contributed by atoms with Gasteiger partial charge in [-0.1, -0.05) is 15.9 Å². The van der Waals surface area contributed by atoms with Crippen molar-refractivity contribution in [3.8, 4) is 0 Å². The van der Waals surface area contributed by atoms with E-state index in [-0.39, 0.29) is 13.0 Å². The molecule has 0 radical (unpaired) electrons. The molecular weight excluding hydrogens is 422 g/mol.